The van der Waals surface area contributed by atoms with E-state index in [1.54, 1.807) is 18.3 Å². The van der Waals surface area contributed by atoms with Crippen LogP contribution in [-0.2, 0) is 5.41 Å². The summed E-state index contributed by atoms with van der Waals surface area (Å²) in [4.78, 5) is 37.5. The second kappa shape index (κ2) is 7.71. The van der Waals surface area contributed by atoms with E-state index < -0.39 is 16.7 Å². The van der Waals surface area contributed by atoms with Crippen LogP contribution in [0.15, 0.2) is 76.6 Å². The number of nitrogens with zero attached hydrogens (tertiary/aromatic N) is 5. The Hall–Kier alpha value is -5.10. The van der Waals surface area contributed by atoms with Crippen LogP contribution >= 0.6 is 0 Å². The number of hydrogen-bond donors (Lipinski definition) is 2. The minimum atomic E-state index is -0.681. The van der Waals surface area contributed by atoms with Gasteiger partial charge in [0.25, 0.3) is 5.56 Å². The molecule has 0 atom stereocenters. The molecule has 2 N–H and O–H groups in total. The topological polar surface area (TPSA) is 133 Å². The molecule has 0 aliphatic rings. The number of fused-ring (bicyclic) bond motifs is 4. The molecule has 6 rings (SSSR count). The van der Waals surface area contributed by atoms with E-state index in [1.807, 2.05) is 56.3 Å². The molecular formula is C27H19N7O2. The van der Waals surface area contributed by atoms with Gasteiger partial charge in [0.1, 0.15) is 5.52 Å². The molecule has 6 aromatic rings. The Morgan fingerprint density at radius 1 is 1.00 bits per heavy atom. The van der Waals surface area contributed by atoms with Crippen molar-refractivity contribution in [2.45, 2.75) is 19.3 Å². The van der Waals surface area contributed by atoms with Gasteiger partial charge in [-0.2, -0.15) is 10.4 Å². The number of H-pyrrole nitrogens is 2. The van der Waals surface area contributed by atoms with Gasteiger partial charge in [-0.25, -0.2) is 9.78 Å². The summed E-state index contributed by atoms with van der Waals surface area (Å²) in [5.74, 6) is 0. The van der Waals surface area contributed by atoms with Crippen LogP contribution in [-0.4, -0.2) is 29.7 Å². The van der Waals surface area contributed by atoms with Crippen LogP contribution in [0.1, 0.15) is 19.4 Å². The van der Waals surface area contributed by atoms with Crippen LogP contribution < -0.4 is 11.2 Å². The van der Waals surface area contributed by atoms with Crippen molar-refractivity contribution in [1.82, 2.24) is 29.7 Å². The van der Waals surface area contributed by atoms with Gasteiger partial charge in [0.2, 0.25) is 0 Å². The highest BCUT2D eigenvalue weighted by atomic mass is 16.2. The molecule has 0 saturated carbocycles. The van der Waals surface area contributed by atoms with Crippen molar-refractivity contribution in [1.29, 1.82) is 5.26 Å². The summed E-state index contributed by atoms with van der Waals surface area (Å²) in [5.41, 5.74) is 3.36. The van der Waals surface area contributed by atoms with Crippen LogP contribution in [0.25, 0.3) is 49.8 Å². The largest absolute Gasteiger partial charge is 0.333 e. The van der Waals surface area contributed by atoms with Crippen molar-refractivity contribution in [2.24, 2.45) is 0 Å². The van der Waals surface area contributed by atoms with E-state index in [9.17, 15) is 14.9 Å². The molecule has 0 unspecified atom stereocenters. The lowest BCUT2D eigenvalue weighted by Gasteiger charge is -2.17. The lowest BCUT2D eigenvalue weighted by molar-refractivity contribution is 0.686. The third-order valence-corrected chi connectivity index (χ3v) is 6.44. The van der Waals surface area contributed by atoms with E-state index in [-0.39, 0.29) is 5.39 Å². The zero-order valence-corrected chi connectivity index (χ0v) is 19.4. The maximum Gasteiger partial charge on any atom is 0.333 e. The molecule has 0 amide bonds. The predicted molar refractivity (Wildman–Crippen MR) is 137 cm³/mol. The highest BCUT2D eigenvalue weighted by molar-refractivity contribution is 6.02. The molecule has 0 bridgehead atoms. The molecule has 9 heteroatoms. The molecule has 36 heavy (non-hydrogen) atoms. The first-order valence-electron chi connectivity index (χ1n) is 11.3. The molecular weight excluding hydrogens is 454 g/mol. The third-order valence-electron chi connectivity index (χ3n) is 6.44. The van der Waals surface area contributed by atoms with Gasteiger partial charge >= 0.3 is 5.69 Å². The lowest BCUT2D eigenvalue weighted by Crippen LogP contribution is -2.29. The van der Waals surface area contributed by atoms with Crippen molar-refractivity contribution in [3.05, 3.63) is 93.4 Å². The minimum Gasteiger partial charge on any atom is -0.278 e. The van der Waals surface area contributed by atoms with Gasteiger partial charge in [0.15, 0.2) is 0 Å². The van der Waals surface area contributed by atoms with Crippen LogP contribution in [0.4, 0.5) is 0 Å². The Bertz CT molecular complexity index is 1970. The second-order valence-electron chi connectivity index (χ2n) is 9.14. The van der Waals surface area contributed by atoms with Crippen LogP contribution in [0.5, 0.6) is 0 Å². The Labute approximate surface area is 203 Å². The number of pyridine rings is 2. The summed E-state index contributed by atoms with van der Waals surface area (Å²) in [6, 6.07) is 18.9. The van der Waals surface area contributed by atoms with Crippen molar-refractivity contribution < 1.29 is 0 Å². The van der Waals surface area contributed by atoms with Crippen LogP contribution in [0, 0.1) is 11.3 Å². The number of nitrogens with one attached hydrogen (secondary N) is 2. The van der Waals surface area contributed by atoms with Crippen molar-refractivity contribution in [3.8, 4) is 23.0 Å². The molecule has 0 fully saturated rings. The zero-order valence-electron chi connectivity index (χ0n) is 19.4. The first kappa shape index (κ1) is 21.4. The van der Waals surface area contributed by atoms with Gasteiger partial charge in [-0.05, 0) is 55.8 Å². The number of benzene rings is 2. The molecule has 0 radical (unpaired) electrons. The monoisotopic (exact) mass is 473 g/mol. The smallest absolute Gasteiger partial charge is 0.278 e. The quantitative estimate of drug-likeness (QED) is 0.374. The van der Waals surface area contributed by atoms with Crippen LogP contribution in [0.2, 0.25) is 0 Å². The lowest BCUT2D eigenvalue weighted by atomic mass is 9.86. The van der Waals surface area contributed by atoms with Gasteiger partial charge < -0.3 is 0 Å². The van der Waals surface area contributed by atoms with Gasteiger partial charge in [-0.15, -0.1) is 0 Å². The van der Waals surface area contributed by atoms with Gasteiger partial charge in [0, 0.05) is 17.1 Å². The Morgan fingerprint density at radius 2 is 1.81 bits per heavy atom. The molecule has 174 valence electrons. The van der Waals surface area contributed by atoms with E-state index in [0.29, 0.717) is 27.9 Å². The van der Waals surface area contributed by atoms with Crippen molar-refractivity contribution in [3.63, 3.8) is 0 Å². The SMILES string of the molecule is CC(C)(C#N)c1ccc(-n2c(=O)[nH]c(=O)c3cnc4ccc(-c5ccc6[nH]ncc6c5)nc4c32)cc1. The average molecular weight is 473 g/mol. The fourth-order valence-corrected chi connectivity index (χ4v) is 4.37. The highest BCUT2D eigenvalue weighted by Crippen LogP contribution is 2.28. The Kier molecular flexibility index (Phi) is 4.59. The summed E-state index contributed by atoms with van der Waals surface area (Å²) in [6.45, 7) is 3.66. The number of aromatic nitrogens is 6. The fourth-order valence-electron chi connectivity index (χ4n) is 4.37. The van der Waals surface area contributed by atoms with E-state index in [1.165, 1.54) is 10.8 Å². The Balaban J connectivity index is 1.64. The molecule has 9 nitrogen and oxygen atoms in total. The molecule has 4 heterocycles. The highest BCUT2D eigenvalue weighted by Gasteiger charge is 2.20. The number of aromatic amines is 2. The van der Waals surface area contributed by atoms with E-state index in [4.69, 9.17) is 4.98 Å². The molecule has 2 aromatic carbocycles. The Morgan fingerprint density at radius 3 is 2.58 bits per heavy atom. The van der Waals surface area contributed by atoms with Gasteiger partial charge in [0.05, 0.1) is 51.0 Å². The summed E-state index contributed by atoms with van der Waals surface area (Å²) < 4.78 is 1.43. The average Bonchev–Trinajstić information content (AvgIpc) is 3.36. The molecule has 0 spiro atoms. The van der Waals surface area contributed by atoms with E-state index >= 15 is 0 Å². The van der Waals surface area contributed by atoms with Crippen molar-refractivity contribution >= 4 is 32.8 Å². The van der Waals surface area contributed by atoms with Gasteiger partial charge in [-0.1, -0.05) is 18.2 Å². The van der Waals surface area contributed by atoms with Crippen molar-refractivity contribution in [2.75, 3.05) is 0 Å². The van der Waals surface area contributed by atoms with Crippen LogP contribution in [0.3, 0.4) is 0 Å². The summed E-state index contributed by atoms with van der Waals surface area (Å²) >= 11 is 0. The summed E-state index contributed by atoms with van der Waals surface area (Å²) in [6.07, 6.45) is 3.20. The fraction of sp³-hybridized carbons (Fsp3) is 0.111. The second-order valence-corrected chi connectivity index (χ2v) is 9.14. The normalized spacial score (nSPS) is 11.8. The maximum atomic E-state index is 13.1. The first-order chi connectivity index (χ1) is 17.4. The molecule has 0 aliphatic heterocycles. The summed E-state index contributed by atoms with van der Waals surface area (Å²) in [5, 5.41) is 17.7. The van der Waals surface area contributed by atoms with E-state index in [0.717, 1.165) is 22.0 Å². The third kappa shape index (κ3) is 3.27. The number of rotatable bonds is 3. The summed E-state index contributed by atoms with van der Waals surface area (Å²) in [7, 11) is 0. The maximum absolute atomic E-state index is 13.1. The zero-order chi connectivity index (χ0) is 25.0. The first-order valence-corrected chi connectivity index (χ1v) is 11.3. The predicted octanol–water partition coefficient (Wildman–Crippen LogP) is 3.97. The van der Waals surface area contributed by atoms with Gasteiger partial charge in [-0.3, -0.25) is 24.4 Å². The number of hydrogen-bond acceptors (Lipinski definition) is 6. The van der Waals surface area contributed by atoms with E-state index in [2.05, 4.69) is 26.2 Å². The number of nitriles is 1. The standard InChI is InChI=1S/C27H19N7O2/c1-27(2,14-28)17-4-6-18(7-5-17)34-24-19(25(35)32-26(34)36)13-29-22-10-9-20(31-23(22)24)15-3-8-21-16(11-15)12-30-33-21/h3-13H,1-2H3,(H,30,33)(H,32,35,36). The molecule has 0 saturated heterocycles. The molecule has 0 aliphatic carbocycles. The minimum absolute atomic E-state index is 0.249. The molecule has 4 aromatic heterocycles.